The first-order valence-electron chi connectivity index (χ1n) is 8.20. The van der Waals surface area contributed by atoms with Crippen molar-refractivity contribution in [2.24, 2.45) is 0 Å². The lowest BCUT2D eigenvalue weighted by molar-refractivity contribution is -0.384. The molecular formula is C19H20N2O3. The van der Waals surface area contributed by atoms with Crippen molar-refractivity contribution >= 4 is 11.6 Å². The van der Waals surface area contributed by atoms with E-state index >= 15 is 0 Å². The largest absolute Gasteiger partial charge is 0.339 e. The molecule has 2 aromatic rings. The Hall–Kier alpha value is -2.69. The maximum Gasteiger partial charge on any atom is 0.269 e. The van der Waals surface area contributed by atoms with Gasteiger partial charge in [0.2, 0.25) is 5.91 Å². The number of nitro benzene ring substituents is 1. The van der Waals surface area contributed by atoms with Crippen LogP contribution in [0.15, 0.2) is 54.6 Å². The van der Waals surface area contributed by atoms with Crippen molar-refractivity contribution in [3.8, 4) is 0 Å². The summed E-state index contributed by atoms with van der Waals surface area (Å²) in [5, 5.41) is 10.7. The van der Waals surface area contributed by atoms with Gasteiger partial charge in [0.1, 0.15) is 0 Å². The van der Waals surface area contributed by atoms with Gasteiger partial charge in [-0.05, 0) is 30.4 Å². The number of nitro groups is 1. The minimum atomic E-state index is -0.429. The Bertz CT molecular complexity index is 713. The fourth-order valence-corrected chi connectivity index (χ4v) is 3.27. The first-order valence-corrected chi connectivity index (χ1v) is 8.20. The molecule has 5 nitrogen and oxygen atoms in total. The number of rotatable bonds is 5. The van der Waals surface area contributed by atoms with E-state index in [4.69, 9.17) is 0 Å². The van der Waals surface area contributed by atoms with Gasteiger partial charge in [0.25, 0.3) is 5.69 Å². The van der Waals surface area contributed by atoms with Crippen molar-refractivity contribution in [2.75, 3.05) is 6.54 Å². The van der Waals surface area contributed by atoms with Gasteiger partial charge in [-0.25, -0.2) is 0 Å². The van der Waals surface area contributed by atoms with Gasteiger partial charge >= 0.3 is 0 Å². The van der Waals surface area contributed by atoms with Crippen LogP contribution in [0.5, 0.6) is 0 Å². The molecule has 0 N–H and O–H groups in total. The summed E-state index contributed by atoms with van der Waals surface area (Å²) in [5.41, 5.74) is 2.11. The molecule has 2 aromatic carbocycles. The Morgan fingerprint density at radius 2 is 1.79 bits per heavy atom. The second-order valence-corrected chi connectivity index (χ2v) is 6.17. The molecule has 1 unspecified atom stereocenters. The van der Waals surface area contributed by atoms with Crippen molar-refractivity contribution in [2.45, 2.75) is 31.7 Å². The minimum Gasteiger partial charge on any atom is -0.339 e. The van der Waals surface area contributed by atoms with Crippen LogP contribution < -0.4 is 0 Å². The van der Waals surface area contributed by atoms with Gasteiger partial charge in [0.15, 0.2) is 0 Å². The van der Waals surface area contributed by atoms with Crippen LogP contribution in [0.2, 0.25) is 0 Å². The van der Waals surface area contributed by atoms with Crippen LogP contribution in [0.4, 0.5) is 5.69 Å². The van der Waals surface area contributed by atoms with Crippen molar-refractivity contribution in [3.63, 3.8) is 0 Å². The Morgan fingerprint density at radius 3 is 2.46 bits per heavy atom. The van der Waals surface area contributed by atoms with Crippen LogP contribution in [0, 0.1) is 10.1 Å². The van der Waals surface area contributed by atoms with Crippen LogP contribution in [0.1, 0.15) is 24.0 Å². The number of non-ortho nitro benzene ring substituents is 1. The number of hydrogen-bond acceptors (Lipinski definition) is 3. The highest BCUT2D eigenvalue weighted by molar-refractivity contribution is 5.79. The molecule has 0 radical (unpaired) electrons. The summed E-state index contributed by atoms with van der Waals surface area (Å²) in [6.07, 6.45) is 3.24. The van der Waals surface area contributed by atoms with E-state index in [1.807, 2.05) is 23.1 Å². The van der Waals surface area contributed by atoms with E-state index in [0.29, 0.717) is 6.42 Å². The molecule has 5 heteroatoms. The van der Waals surface area contributed by atoms with Crippen molar-refractivity contribution < 1.29 is 9.72 Å². The molecule has 1 aliphatic rings. The molecule has 1 amide bonds. The maximum absolute atomic E-state index is 12.6. The van der Waals surface area contributed by atoms with Gasteiger partial charge in [-0.2, -0.15) is 0 Å². The third-order valence-corrected chi connectivity index (χ3v) is 4.51. The predicted molar refractivity (Wildman–Crippen MR) is 91.7 cm³/mol. The average Bonchev–Trinajstić information content (AvgIpc) is 3.04. The molecular weight excluding hydrogens is 304 g/mol. The molecule has 1 atom stereocenters. The molecule has 0 saturated carbocycles. The Morgan fingerprint density at radius 1 is 1.08 bits per heavy atom. The standard InChI is InChI=1S/C19H20N2O3/c22-19(14-16-8-10-17(11-9-16)21(23)24)20-12-4-7-18(20)13-15-5-2-1-3-6-15/h1-3,5-6,8-11,18H,4,7,12-14H2. The third-order valence-electron chi connectivity index (χ3n) is 4.51. The van der Waals surface area contributed by atoms with Gasteiger partial charge < -0.3 is 4.90 Å². The summed E-state index contributed by atoms with van der Waals surface area (Å²) < 4.78 is 0. The van der Waals surface area contributed by atoms with Crippen molar-refractivity contribution in [1.82, 2.24) is 4.90 Å². The molecule has 0 spiro atoms. The number of nitrogens with zero attached hydrogens (tertiary/aromatic N) is 2. The molecule has 1 aliphatic heterocycles. The Labute approximate surface area is 141 Å². The lowest BCUT2D eigenvalue weighted by atomic mass is 10.0. The summed E-state index contributed by atoms with van der Waals surface area (Å²) in [6.45, 7) is 0.795. The molecule has 24 heavy (non-hydrogen) atoms. The molecule has 0 aromatic heterocycles. The maximum atomic E-state index is 12.6. The molecule has 124 valence electrons. The zero-order chi connectivity index (χ0) is 16.9. The number of carbonyl (C=O) groups excluding carboxylic acids is 1. The lowest BCUT2D eigenvalue weighted by Crippen LogP contribution is -2.37. The van der Waals surface area contributed by atoms with E-state index in [2.05, 4.69) is 12.1 Å². The van der Waals surface area contributed by atoms with Gasteiger partial charge in [-0.1, -0.05) is 42.5 Å². The van der Waals surface area contributed by atoms with E-state index in [-0.39, 0.29) is 17.6 Å². The number of carbonyl (C=O) groups is 1. The van der Waals surface area contributed by atoms with E-state index in [0.717, 1.165) is 31.4 Å². The average molecular weight is 324 g/mol. The van der Waals surface area contributed by atoms with Crippen molar-refractivity contribution in [3.05, 3.63) is 75.8 Å². The summed E-state index contributed by atoms with van der Waals surface area (Å²) in [5.74, 6) is 0.0993. The monoisotopic (exact) mass is 324 g/mol. The summed E-state index contributed by atoms with van der Waals surface area (Å²) >= 11 is 0. The second-order valence-electron chi connectivity index (χ2n) is 6.17. The van der Waals surface area contributed by atoms with Crippen LogP contribution in [0.25, 0.3) is 0 Å². The van der Waals surface area contributed by atoms with E-state index in [9.17, 15) is 14.9 Å². The summed E-state index contributed by atoms with van der Waals surface area (Å²) in [4.78, 5) is 24.9. The molecule has 0 aliphatic carbocycles. The fourth-order valence-electron chi connectivity index (χ4n) is 3.27. The number of benzene rings is 2. The minimum absolute atomic E-state index is 0.0503. The lowest BCUT2D eigenvalue weighted by Gasteiger charge is -2.25. The number of likely N-dealkylation sites (tertiary alicyclic amines) is 1. The highest BCUT2D eigenvalue weighted by atomic mass is 16.6. The van der Waals surface area contributed by atoms with Crippen LogP contribution in [-0.2, 0) is 17.6 Å². The molecule has 3 rings (SSSR count). The molecule has 1 fully saturated rings. The van der Waals surface area contributed by atoms with Crippen LogP contribution in [-0.4, -0.2) is 28.3 Å². The first kappa shape index (κ1) is 16.2. The van der Waals surface area contributed by atoms with Gasteiger partial charge in [-0.3, -0.25) is 14.9 Å². The predicted octanol–water partition coefficient (Wildman–Crippen LogP) is 3.37. The second kappa shape index (κ2) is 7.25. The highest BCUT2D eigenvalue weighted by Crippen LogP contribution is 2.22. The smallest absolute Gasteiger partial charge is 0.269 e. The van der Waals surface area contributed by atoms with Gasteiger partial charge in [0.05, 0.1) is 11.3 Å². The van der Waals surface area contributed by atoms with E-state index in [1.54, 1.807) is 12.1 Å². The zero-order valence-electron chi connectivity index (χ0n) is 13.4. The Kier molecular flexibility index (Phi) is 4.89. The summed E-state index contributed by atoms with van der Waals surface area (Å²) in [7, 11) is 0. The number of hydrogen-bond donors (Lipinski definition) is 0. The highest BCUT2D eigenvalue weighted by Gasteiger charge is 2.28. The topological polar surface area (TPSA) is 63.4 Å². The SMILES string of the molecule is O=C(Cc1ccc([N+](=O)[O-])cc1)N1CCCC1Cc1ccccc1. The number of amides is 1. The van der Waals surface area contributed by atoms with Gasteiger partial charge in [-0.15, -0.1) is 0 Å². The third kappa shape index (κ3) is 3.79. The quantitative estimate of drug-likeness (QED) is 0.626. The summed E-state index contributed by atoms with van der Waals surface area (Å²) in [6, 6.07) is 16.7. The fraction of sp³-hybridized carbons (Fsp3) is 0.316. The molecule has 1 heterocycles. The van der Waals surface area contributed by atoms with E-state index in [1.165, 1.54) is 17.7 Å². The molecule has 0 bridgehead atoms. The Balaban J connectivity index is 1.64. The van der Waals surface area contributed by atoms with E-state index < -0.39 is 4.92 Å². The van der Waals surface area contributed by atoms with Crippen LogP contribution >= 0.6 is 0 Å². The molecule has 1 saturated heterocycles. The zero-order valence-corrected chi connectivity index (χ0v) is 13.4. The van der Waals surface area contributed by atoms with Crippen molar-refractivity contribution in [1.29, 1.82) is 0 Å². The normalized spacial score (nSPS) is 17.0. The first-order chi connectivity index (χ1) is 11.6. The van der Waals surface area contributed by atoms with Gasteiger partial charge in [0, 0.05) is 24.7 Å². The van der Waals surface area contributed by atoms with Crippen LogP contribution in [0.3, 0.4) is 0 Å².